The Morgan fingerprint density at radius 3 is 2.73 bits per heavy atom. The molecule has 2 rings (SSSR count). The zero-order chi connectivity index (χ0) is 10.5. The highest BCUT2D eigenvalue weighted by molar-refractivity contribution is 6.33. The molecular formula is C12H9ClN2. The van der Waals surface area contributed by atoms with E-state index in [0.717, 1.165) is 11.3 Å². The molecule has 3 heteroatoms. The number of benzene rings is 1. The third-order valence-corrected chi connectivity index (χ3v) is 2.25. The number of halogens is 1. The van der Waals surface area contributed by atoms with E-state index in [-0.39, 0.29) is 0 Å². The van der Waals surface area contributed by atoms with Crippen LogP contribution in [0.3, 0.4) is 0 Å². The Labute approximate surface area is 93.3 Å². The molecule has 0 bridgehead atoms. The van der Waals surface area contributed by atoms with Gasteiger partial charge in [0.2, 0.25) is 0 Å². The molecule has 0 aliphatic carbocycles. The Balaban J connectivity index is 2.23. The highest BCUT2D eigenvalue weighted by Crippen LogP contribution is 2.14. The SMILES string of the molecule is Clc1ccccc1C=Nc1cccnc1. The first kappa shape index (κ1) is 9.87. The monoisotopic (exact) mass is 216 g/mol. The van der Waals surface area contributed by atoms with Crippen molar-refractivity contribution in [3.63, 3.8) is 0 Å². The van der Waals surface area contributed by atoms with Crippen LogP contribution in [0.5, 0.6) is 0 Å². The number of pyridine rings is 1. The van der Waals surface area contributed by atoms with Crippen LogP contribution in [0.15, 0.2) is 53.8 Å². The van der Waals surface area contributed by atoms with E-state index >= 15 is 0 Å². The van der Waals surface area contributed by atoms with Crippen molar-refractivity contribution >= 4 is 23.5 Å². The van der Waals surface area contributed by atoms with Crippen molar-refractivity contribution in [3.8, 4) is 0 Å². The molecule has 2 aromatic rings. The van der Waals surface area contributed by atoms with E-state index in [4.69, 9.17) is 11.6 Å². The highest BCUT2D eigenvalue weighted by Gasteiger charge is 1.93. The van der Waals surface area contributed by atoms with Crippen molar-refractivity contribution in [2.75, 3.05) is 0 Å². The second-order valence-corrected chi connectivity index (χ2v) is 3.40. The molecule has 0 saturated carbocycles. The molecule has 0 spiro atoms. The summed E-state index contributed by atoms with van der Waals surface area (Å²) in [6.45, 7) is 0. The van der Waals surface area contributed by atoms with Gasteiger partial charge in [-0.25, -0.2) is 0 Å². The van der Waals surface area contributed by atoms with Gasteiger partial charge >= 0.3 is 0 Å². The lowest BCUT2D eigenvalue weighted by Crippen LogP contribution is -1.81. The molecule has 0 aliphatic rings. The number of nitrogens with zero attached hydrogens (tertiary/aromatic N) is 2. The third kappa shape index (κ3) is 2.64. The lowest BCUT2D eigenvalue weighted by molar-refractivity contribution is 1.31. The predicted molar refractivity (Wildman–Crippen MR) is 62.9 cm³/mol. The van der Waals surface area contributed by atoms with Crippen molar-refractivity contribution in [1.82, 2.24) is 4.98 Å². The molecule has 2 nitrogen and oxygen atoms in total. The highest BCUT2D eigenvalue weighted by atomic mass is 35.5. The molecule has 1 aromatic heterocycles. The average Bonchev–Trinajstić information content (AvgIpc) is 2.29. The first-order valence-corrected chi connectivity index (χ1v) is 4.93. The van der Waals surface area contributed by atoms with Crippen molar-refractivity contribution in [2.45, 2.75) is 0 Å². The van der Waals surface area contributed by atoms with Crippen LogP contribution >= 0.6 is 11.6 Å². The van der Waals surface area contributed by atoms with Crippen LogP contribution in [0.1, 0.15) is 5.56 Å². The number of hydrogen-bond donors (Lipinski definition) is 0. The van der Waals surface area contributed by atoms with Crippen LogP contribution in [0.2, 0.25) is 5.02 Å². The van der Waals surface area contributed by atoms with Gasteiger partial charge in [-0.1, -0.05) is 29.8 Å². The minimum absolute atomic E-state index is 0.699. The van der Waals surface area contributed by atoms with Gasteiger partial charge in [-0.05, 0) is 18.2 Å². The minimum Gasteiger partial charge on any atom is -0.262 e. The first-order valence-electron chi connectivity index (χ1n) is 4.55. The number of hydrogen-bond acceptors (Lipinski definition) is 2. The third-order valence-electron chi connectivity index (χ3n) is 1.90. The average molecular weight is 217 g/mol. The van der Waals surface area contributed by atoms with Crippen LogP contribution in [0.4, 0.5) is 5.69 Å². The largest absolute Gasteiger partial charge is 0.262 e. The molecule has 0 amide bonds. The summed E-state index contributed by atoms with van der Waals surface area (Å²) in [4.78, 5) is 8.24. The number of rotatable bonds is 2. The van der Waals surface area contributed by atoms with Gasteiger partial charge in [0, 0.05) is 23.0 Å². The molecule has 1 aromatic carbocycles. The fourth-order valence-electron chi connectivity index (χ4n) is 1.15. The van der Waals surface area contributed by atoms with E-state index < -0.39 is 0 Å². The molecule has 0 saturated heterocycles. The molecule has 74 valence electrons. The molecule has 0 N–H and O–H groups in total. The number of aromatic nitrogens is 1. The maximum Gasteiger partial charge on any atom is 0.0813 e. The van der Waals surface area contributed by atoms with Crippen molar-refractivity contribution in [1.29, 1.82) is 0 Å². The van der Waals surface area contributed by atoms with E-state index in [1.54, 1.807) is 18.6 Å². The fourth-order valence-corrected chi connectivity index (χ4v) is 1.34. The second kappa shape index (κ2) is 4.71. The smallest absolute Gasteiger partial charge is 0.0813 e. The van der Waals surface area contributed by atoms with Gasteiger partial charge in [0.05, 0.1) is 11.9 Å². The van der Waals surface area contributed by atoms with Gasteiger partial charge in [-0.2, -0.15) is 0 Å². The van der Waals surface area contributed by atoms with Crippen molar-refractivity contribution < 1.29 is 0 Å². The van der Waals surface area contributed by atoms with E-state index in [1.807, 2.05) is 36.4 Å². The van der Waals surface area contributed by atoms with Gasteiger partial charge in [0.25, 0.3) is 0 Å². The van der Waals surface area contributed by atoms with Crippen molar-refractivity contribution in [3.05, 3.63) is 59.4 Å². The maximum atomic E-state index is 5.98. The molecule has 0 unspecified atom stereocenters. The van der Waals surface area contributed by atoms with E-state index in [9.17, 15) is 0 Å². The van der Waals surface area contributed by atoms with E-state index in [0.29, 0.717) is 5.02 Å². The molecule has 0 atom stereocenters. The maximum absolute atomic E-state index is 5.98. The zero-order valence-corrected chi connectivity index (χ0v) is 8.72. The molecule has 15 heavy (non-hydrogen) atoms. The predicted octanol–water partition coefficient (Wildman–Crippen LogP) is 3.49. The summed E-state index contributed by atoms with van der Waals surface area (Å²) in [5.74, 6) is 0. The van der Waals surface area contributed by atoms with Crippen LogP contribution in [0, 0.1) is 0 Å². The Hall–Kier alpha value is -1.67. The normalized spacial score (nSPS) is 10.7. The standard InChI is InChI=1S/C12H9ClN2/c13-12-6-2-1-4-10(12)8-15-11-5-3-7-14-9-11/h1-9H. The lowest BCUT2D eigenvalue weighted by atomic mass is 10.2. The Morgan fingerprint density at radius 1 is 1.13 bits per heavy atom. The first-order chi connectivity index (χ1) is 7.36. The zero-order valence-electron chi connectivity index (χ0n) is 7.97. The Kier molecular flexibility index (Phi) is 3.10. The Bertz CT molecular complexity index is 466. The number of aliphatic imine (C=N–C) groups is 1. The summed E-state index contributed by atoms with van der Waals surface area (Å²) in [6, 6.07) is 11.3. The summed E-state index contributed by atoms with van der Waals surface area (Å²) in [5, 5.41) is 0.699. The fraction of sp³-hybridized carbons (Fsp3) is 0. The molecule has 0 radical (unpaired) electrons. The van der Waals surface area contributed by atoms with Crippen LogP contribution < -0.4 is 0 Å². The summed E-state index contributed by atoms with van der Waals surface area (Å²) >= 11 is 5.98. The van der Waals surface area contributed by atoms with E-state index in [2.05, 4.69) is 9.98 Å². The molecular weight excluding hydrogens is 208 g/mol. The topological polar surface area (TPSA) is 25.2 Å². The van der Waals surface area contributed by atoms with Crippen LogP contribution in [0.25, 0.3) is 0 Å². The van der Waals surface area contributed by atoms with Gasteiger partial charge in [-0.3, -0.25) is 9.98 Å². The molecule has 0 aliphatic heterocycles. The van der Waals surface area contributed by atoms with Crippen LogP contribution in [-0.2, 0) is 0 Å². The molecule has 1 heterocycles. The van der Waals surface area contributed by atoms with E-state index in [1.165, 1.54) is 0 Å². The van der Waals surface area contributed by atoms with Crippen molar-refractivity contribution in [2.24, 2.45) is 4.99 Å². The minimum atomic E-state index is 0.699. The summed E-state index contributed by atoms with van der Waals surface area (Å²) in [7, 11) is 0. The van der Waals surface area contributed by atoms with Gasteiger partial charge in [0.1, 0.15) is 0 Å². The van der Waals surface area contributed by atoms with Gasteiger partial charge < -0.3 is 0 Å². The lowest BCUT2D eigenvalue weighted by Gasteiger charge is -1.95. The summed E-state index contributed by atoms with van der Waals surface area (Å²) in [5.41, 5.74) is 1.72. The quantitative estimate of drug-likeness (QED) is 0.706. The second-order valence-electron chi connectivity index (χ2n) is 2.99. The summed E-state index contributed by atoms with van der Waals surface area (Å²) in [6.07, 6.45) is 5.15. The Morgan fingerprint density at radius 2 is 2.00 bits per heavy atom. The van der Waals surface area contributed by atoms with Gasteiger partial charge in [-0.15, -0.1) is 0 Å². The van der Waals surface area contributed by atoms with Gasteiger partial charge in [0.15, 0.2) is 0 Å². The van der Waals surface area contributed by atoms with Crippen LogP contribution in [-0.4, -0.2) is 11.2 Å². The molecule has 0 fully saturated rings. The summed E-state index contributed by atoms with van der Waals surface area (Å²) < 4.78 is 0.